The first-order valence-corrected chi connectivity index (χ1v) is 5.84. The average Bonchev–Trinajstić information content (AvgIpc) is 3.10. The predicted octanol–water partition coefficient (Wildman–Crippen LogP) is 1.75. The average molecular weight is 252 g/mol. The van der Waals surface area contributed by atoms with Gasteiger partial charge in [0, 0.05) is 0 Å². The number of carboxylic acids is 2. The van der Waals surface area contributed by atoms with Gasteiger partial charge in [-0.3, -0.25) is 0 Å². The summed E-state index contributed by atoms with van der Waals surface area (Å²) in [5.74, 6) is -2.36. The lowest BCUT2D eigenvalue weighted by Crippen LogP contribution is -2.18. The number of carboxylic acid groups (broad SMARTS) is 2. The van der Waals surface area contributed by atoms with Crippen molar-refractivity contribution in [3.05, 3.63) is 69.9 Å². The first-order chi connectivity index (χ1) is 9.08. The predicted molar refractivity (Wildman–Crippen MR) is 66.2 cm³/mol. The van der Waals surface area contributed by atoms with Crippen LogP contribution >= 0.6 is 0 Å². The van der Waals surface area contributed by atoms with Gasteiger partial charge in [-0.05, 0) is 22.3 Å². The molecule has 0 saturated carbocycles. The Morgan fingerprint density at radius 2 is 1.21 bits per heavy atom. The molecule has 4 bridgehead atoms. The van der Waals surface area contributed by atoms with E-state index in [0.717, 1.165) is 11.1 Å². The molecule has 0 fully saturated rings. The molecule has 4 aliphatic rings. The van der Waals surface area contributed by atoms with Crippen LogP contribution in [-0.4, -0.2) is 22.2 Å². The van der Waals surface area contributed by atoms with Crippen molar-refractivity contribution < 1.29 is 19.8 Å². The third-order valence-electron chi connectivity index (χ3n) is 4.19. The molecule has 0 amide bonds. The Morgan fingerprint density at radius 1 is 0.789 bits per heavy atom. The number of allylic oxidation sites excluding steroid dienone is 10. The van der Waals surface area contributed by atoms with Gasteiger partial charge in [0.15, 0.2) is 0 Å². The Labute approximate surface area is 108 Å². The third-order valence-corrected chi connectivity index (χ3v) is 4.19. The topological polar surface area (TPSA) is 74.6 Å². The quantitative estimate of drug-likeness (QED) is 0.785. The van der Waals surface area contributed by atoms with Gasteiger partial charge in [-0.1, -0.05) is 36.5 Å². The van der Waals surface area contributed by atoms with Gasteiger partial charge in [0.1, 0.15) is 0 Å². The molecule has 92 valence electrons. The molecule has 19 heavy (non-hydrogen) atoms. The molecule has 2 N–H and O–H groups in total. The van der Waals surface area contributed by atoms with Crippen molar-refractivity contribution in [3.63, 3.8) is 0 Å². The molecule has 4 heteroatoms. The minimum absolute atomic E-state index is 0.0765. The summed E-state index contributed by atoms with van der Waals surface area (Å²) < 4.78 is 0. The Balaban J connectivity index is 2.11. The van der Waals surface area contributed by atoms with Gasteiger partial charge in [0.05, 0.1) is 16.6 Å². The maximum atomic E-state index is 11.4. The highest BCUT2D eigenvalue weighted by molar-refractivity contribution is 6.12. The highest BCUT2D eigenvalue weighted by Crippen LogP contribution is 2.65. The molecule has 4 aliphatic carbocycles. The first kappa shape index (κ1) is 10.3. The molecule has 0 unspecified atom stereocenters. The molecule has 4 rings (SSSR count). The minimum atomic E-state index is -1.18. The molecule has 0 radical (unpaired) electrons. The molecule has 0 heterocycles. The van der Waals surface area contributed by atoms with Gasteiger partial charge in [0.2, 0.25) is 0 Å². The van der Waals surface area contributed by atoms with E-state index in [2.05, 4.69) is 0 Å². The standard InChI is InChI=1S/C15H8O4/c16-13(17)11-9-5-6-10(12(11)14(18)19)15(9)7-1-2-8(15)4-3-7/h1-6H,(H,16,17)(H,18,19). The molecule has 0 aromatic carbocycles. The van der Waals surface area contributed by atoms with E-state index in [1.165, 1.54) is 0 Å². The molecule has 0 atom stereocenters. The van der Waals surface area contributed by atoms with Crippen LogP contribution in [0.3, 0.4) is 0 Å². The van der Waals surface area contributed by atoms with E-state index in [1.54, 1.807) is 12.2 Å². The number of hydrogen-bond donors (Lipinski definition) is 2. The van der Waals surface area contributed by atoms with Crippen molar-refractivity contribution in [2.45, 2.75) is 0 Å². The largest absolute Gasteiger partial charge is 0.478 e. The fraction of sp³-hybridized carbons (Fsp3) is 0.0667. The Bertz CT molecular complexity index is 702. The fourth-order valence-electron chi connectivity index (χ4n) is 3.58. The summed E-state index contributed by atoms with van der Waals surface area (Å²) in [5.41, 5.74) is 2.25. The lowest BCUT2D eigenvalue weighted by Gasteiger charge is -2.25. The zero-order chi connectivity index (χ0) is 13.4. The van der Waals surface area contributed by atoms with E-state index in [4.69, 9.17) is 0 Å². The van der Waals surface area contributed by atoms with Gasteiger partial charge in [-0.2, -0.15) is 0 Å². The van der Waals surface area contributed by atoms with Crippen molar-refractivity contribution in [2.24, 2.45) is 5.41 Å². The second kappa shape index (κ2) is 2.85. The van der Waals surface area contributed by atoms with Crippen LogP contribution in [0.15, 0.2) is 69.9 Å². The van der Waals surface area contributed by atoms with E-state index >= 15 is 0 Å². The first-order valence-electron chi connectivity index (χ1n) is 5.84. The third kappa shape index (κ3) is 0.866. The second-order valence-corrected chi connectivity index (χ2v) is 4.85. The summed E-state index contributed by atoms with van der Waals surface area (Å²) >= 11 is 0. The van der Waals surface area contributed by atoms with Gasteiger partial charge < -0.3 is 10.2 Å². The van der Waals surface area contributed by atoms with Crippen LogP contribution in [0.4, 0.5) is 0 Å². The molecule has 0 aromatic heterocycles. The van der Waals surface area contributed by atoms with Crippen molar-refractivity contribution in [1.29, 1.82) is 0 Å². The molecule has 4 nitrogen and oxygen atoms in total. The molecule has 1 spiro atoms. The molecule has 0 saturated heterocycles. The number of hydrogen-bond acceptors (Lipinski definition) is 2. The van der Waals surface area contributed by atoms with Crippen LogP contribution in [0.5, 0.6) is 0 Å². The Morgan fingerprint density at radius 3 is 1.53 bits per heavy atom. The van der Waals surface area contributed by atoms with Crippen LogP contribution in [0.2, 0.25) is 0 Å². The number of aliphatic carboxylic acids is 2. The van der Waals surface area contributed by atoms with Gasteiger partial charge in [0.25, 0.3) is 0 Å². The van der Waals surface area contributed by atoms with Crippen molar-refractivity contribution in [1.82, 2.24) is 0 Å². The lowest BCUT2D eigenvalue weighted by atomic mass is 9.75. The summed E-state index contributed by atoms with van der Waals surface area (Å²) in [5, 5.41) is 18.7. The van der Waals surface area contributed by atoms with Crippen LogP contribution in [-0.2, 0) is 9.59 Å². The lowest BCUT2D eigenvalue weighted by molar-refractivity contribution is -0.136. The van der Waals surface area contributed by atoms with Crippen LogP contribution < -0.4 is 0 Å². The molecular weight excluding hydrogens is 244 g/mol. The van der Waals surface area contributed by atoms with E-state index in [9.17, 15) is 19.8 Å². The summed E-state index contributed by atoms with van der Waals surface area (Å²) in [6, 6.07) is 0. The highest BCUT2D eigenvalue weighted by Gasteiger charge is 2.57. The highest BCUT2D eigenvalue weighted by atomic mass is 16.4. The SMILES string of the molecule is O=C(O)C1=C2C=CC(=C1C(=O)O)C21C2=CC=C1C=C2. The number of rotatable bonds is 2. The Hall–Kier alpha value is -2.62. The van der Waals surface area contributed by atoms with Gasteiger partial charge >= 0.3 is 11.9 Å². The van der Waals surface area contributed by atoms with Gasteiger partial charge in [-0.15, -0.1) is 0 Å². The zero-order valence-corrected chi connectivity index (χ0v) is 9.68. The molecule has 0 aromatic rings. The van der Waals surface area contributed by atoms with Crippen molar-refractivity contribution in [3.8, 4) is 0 Å². The second-order valence-electron chi connectivity index (χ2n) is 4.85. The monoisotopic (exact) mass is 252 g/mol. The van der Waals surface area contributed by atoms with E-state index in [0.29, 0.717) is 11.1 Å². The summed E-state index contributed by atoms with van der Waals surface area (Å²) in [6.45, 7) is 0. The maximum absolute atomic E-state index is 11.4. The Kier molecular flexibility index (Phi) is 1.55. The van der Waals surface area contributed by atoms with Crippen LogP contribution in [0.25, 0.3) is 0 Å². The summed E-state index contributed by atoms with van der Waals surface area (Å²) in [6.07, 6.45) is 11.1. The minimum Gasteiger partial charge on any atom is -0.478 e. The van der Waals surface area contributed by atoms with Crippen molar-refractivity contribution >= 4 is 11.9 Å². The zero-order valence-electron chi connectivity index (χ0n) is 9.68. The van der Waals surface area contributed by atoms with Crippen LogP contribution in [0, 0.1) is 5.41 Å². The van der Waals surface area contributed by atoms with E-state index in [-0.39, 0.29) is 11.1 Å². The van der Waals surface area contributed by atoms with Crippen molar-refractivity contribution in [2.75, 3.05) is 0 Å². The maximum Gasteiger partial charge on any atom is 0.336 e. The number of carbonyl (C=O) groups is 2. The van der Waals surface area contributed by atoms with E-state index < -0.39 is 17.4 Å². The van der Waals surface area contributed by atoms with Crippen LogP contribution in [0.1, 0.15) is 0 Å². The summed E-state index contributed by atoms with van der Waals surface area (Å²) in [4.78, 5) is 22.9. The smallest absolute Gasteiger partial charge is 0.336 e. The summed E-state index contributed by atoms with van der Waals surface area (Å²) in [7, 11) is 0. The fourth-order valence-corrected chi connectivity index (χ4v) is 3.58. The molecule has 0 aliphatic heterocycles. The van der Waals surface area contributed by atoms with E-state index in [1.807, 2.05) is 24.3 Å². The van der Waals surface area contributed by atoms with Gasteiger partial charge in [-0.25, -0.2) is 9.59 Å². The molecular formula is C15H8O4. The normalized spacial score (nSPS) is 23.8.